The first kappa shape index (κ1) is 22.8. The molecule has 32 heavy (non-hydrogen) atoms. The molecule has 0 radical (unpaired) electrons. The van der Waals surface area contributed by atoms with Crippen molar-refractivity contribution in [2.24, 2.45) is 0 Å². The maximum absolute atomic E-state index is 13.5. The summed E-state index contributed by atoms with van der Waals surface area (Å²) in [5.74, 6) is 0.542. The van der Waals surface area contributed by atoms with Gasteiger partial charge in [-0.15, -0.1) is 0 Å². The van der Waals surface area contributed by atoms with E-state index in [4.69, 9.17) is 4.74 Å². The molecule has 4 rings (SSSR count). The van der Waals surface area contributed by atoms with Gasteiger partial charge in [0.15, 0.2) is 0 Å². The van der Waals surface area contributed by atoms with E-state index in [9.17, 15) is 9.18 Å². The average molecular weight is 439 g/mol. The van der Waals surface area contributed by atoms with Crippen LogP contribution in [0.2, 0.25) is 0 Å². The standard InChI is InChI=1S/C27H35FN2O2/c1-21-7-3-6-18-30(21)19-20-32-25-14-12-24(13-15-25)29-26(31)27(16-4-2-5-17-27)22-8-10-23(28)11-9-22/h8-15,21H,2-7,16-20H2,1H3,(H,29,31). The summed E-state index contributed by atoms with van der Waals surface area (Å²) in [6, 6.07) is 14.7. The van der Waals surface area contributed by atoms with Crippen molar-refractivity contribution in [2.45, 2.75) is 69.7 Å². The number of hydrogen-bond acceptors (Lipinski definition) is 3. The number of anilines is 1. The summed E-state index contributed by atoms with van der Waals surface area (Å²) in [6.45, 7) is 5.07. The fourth-order valence-corrected chi connectivity index (χ4v) is 5.23. The summed E-state index contributed by atoms with van der Waals surface area (Å²) < 4.78 is 19.4. The van der Waals surface area contributed by atoms with E-state index in [0.29, 0.717) is 12.6 Å². The van der Waals surface area contributed by atoms with Crippen LogP contribution in [0, 0.1) is 5.82 Å². The first-order valence-electron chi connectivity index (χ1n) is 12.1. The lowest BCUT2D eigenvalue weighted by atomic mass is 9.68. The molecule has 0 aromatic heterocycles. The monoisotopic (exact) mass is 438 g/mol. The van der Waals surface area contributed by atoms with Crippen LogP contribution in [0.4, 0.5) is 10.1 Å². The first-order valence-corrected chi connectivity index (χ1v) is 12.1. The molecule has 1 atom stereocenters. The number of benzene rings is 2. The van der Waals surface area contributed by atoms with Crippen LogP contribution in [0.3, 0.4) is 0 Å². The van der Waals surface area contributed by atoms with Crippen LogP contribution in [0.15, 0.2) is 48.5 Å². The van der Waals surface area contributed by atoms with E-state index < -0.39 is 5.41 Å². The van der Waals surface area contributed by atoms with E-state index in [1.165, 1.54) is 31.4 Å². The molecule has 1 saturated carbocycles. The number of likely N-dealkylation sites (tertiary alicyclic amines) is 1. The van der Waals surface area contributed by atoms with Crippen LogP contribution in [0.1, 0.15) is 63.9 Å². The Balaban J connectivity index is 1.36. The zero-order valence-electron chi connectivity index (χ0n) is 19.1. The number of ether oxygens (including phenoxy) is 1. The van der Waals surface area contributed by atoms with Gasteiger partial charge < -0.3 is 10.1 Å². The molecular weight excluding hydrogens is 403 g/mol. The Morgan fingerprint density at radius 1 is 1.03 bits per heavy atom. The van der Waals surface area contributed by atoms with E-state index in [-0.39, 0.29) is 11.7 Å². The second kappa shape index (κ2) is 10.5. The quantitative estimate of drug-likeness (QED) is 0.583. The van der Waals surface area contributed by atoms with Crippen molar-refractivity contribution in [3.05, 3.63) is 59.9 Å². The van der Waals surface area contributed by atoms with Crippen molar-refractivity contribution in [3.63, 3.8) is 0 Å². The highest BCUT2D eigenvalue weighted by molar-refractivity contribution is 5.99. The summed E-state index contributed by atoms with van der Waals surface area (Å²) in [5, 5.41) is 3.11. The van der Waals surface area contributed by atoms with Crippen molar-refractivity contribution in [1.82, 2.24) is 4.90 Å². The van der Waals surface area contributed by atoms with Crippen LogP contribution in [-0.4, -0.2) is 36.5 Å². The third-order valence-electron chi connectivity index (χ3n) is 7.24. The summed E-state index contributed by atoms with van der Waals surface area (Å²) in [7, 11) is 0. The van der Waals surface area contributed by atoms with Crippen molar-refractivity contribution in [1.29, 1.82) is 0 Å². The minimum absolute atomic E-state index is 0.00318. The number of carbonyl (C=O) groups excluding carboxylic acids is 1. The highest BCUT2D eigenvalue weighted by atomic mass is 19.1. The maximum atomic E-state index is 13.5. The molecule has 0 bridgehead atoms. The van der Waals surface area contributed by atoms with Gasteiger partial charge >= 0.3 is 0 Å². The van der Waals surface area contributed by atoms with Crippen molar-refractivity contribution >= 4 is 11.6 Å². The molecule has 1 heterocycles. The average Bonchev–Trinajstić information content (AvgIpc) is 2.82. The molecule has 0 spiro atoms. The zero-order valence-corrected chi connectivity index (χ0v) is 19.1. The highest BCUT2D eigenvalue weighted by Crippen LogP contribution is 2.40. The molecular formula is C27H35FN2O2. The maximum Gasteiger partial charge on any atom is 0.235 e. The van der Waals surface area contributed by atoms with Gasteiger partial charge in [-0.25, -0.2) is 4.39 Å². The Bertz CT molecular complexity index is 876. The first-order chi connectivity index (χ1) is 15.6. The van der Waals surface area contributed by atoms with Gasteiger partial charge in [0.25, 0.3) is 0 Å². The van der Waals surface area contributed by atoms with Gasteiger partial charge in [0.2, 0.25) is 5.91 Å². The molecule has 172 valence electrons. The predicted octanol–water partition coefficient (Wildman–Crippen LogP) is 5.92. The number of halogens is 1. The lowest BCUT2D eigenvalue weighted by Gasteiger charge is -2.36. The Morgan fingerprint density at radius 3 is 2.44 bits per heavy atom. The smallest absolute Gasteiger partial charge is 0.235 e. The minimum Gasteiger partial charge on any atom is -0.492 e. The van der Waals surface area contributed by atoms with Crippen molar-refractivity contribution in [2.75, 3.05) is 25.0 Å². The van der Waals surface area contributed by atoms with E-state index in [1.807, 2.05) is 24.3 Å². The molecule has 1 aliphatic heterocycles. The highest BCUT2D eigenvalue weighted by Gasteiger charge is 2.41. The van der Waals surface area contributed by atoms with Gasteiger partial charge in [-0.3, -0.25) is 9.69 Å². The summed E-state index contributed by atoms with van der Waals surface area (Å²) in [6.07, 6.45) is 8.61. The Labute approximate surface area is 191 Å². The van der Waals surface area contributed by atoms with Crippen LogP contribution in [-0.2, 0) is 10.2 Å². The van der Waals surface area contributed by atoms with Gasteiger partial charge in [-0.1, -0.05) is 37.8 Å². The van der Waals surface area contributed by atoms with Gasteiger partial charge in [-0.05, 0) is 81.1 Å². The zero-order chi connectivity index (χ0) is 22.4. The number of carbonyl (C=O) groups is 1. The lowest BCUT2D eigenvalue weighted by molar-refractivity contribution is -0.122. The molecule has 1 aliphatic carbocycles. The predicted molar refractivity (Wildman–Crippen MR) is 127 cm³/mol. The number of piperidine rings is 1. The topological polar surface area (TPSA) is 41.6 Å². The van der Waals surface area contributed by atoms with Crippen LogP contribution in [0.25, 0.3) is 0 Å². The molecule has 2 aromatic rings. The SMILES string of the molecule is CC1CCCCN1CCOc1ccc(NC(=O)C2(c3ccc(F)cc3)CCCCC2)cc1. The number of nitrogens with one attached hydrogen (secondary N) is 1. The molecule has 5 heteroatoms. The van der Waals surface area contributed by atoms with E-state index in [0.717, 1.165) is 62.2 Å². The fourth-order valence-electron chi connectivity index (χ4n) is 5.23. The largest absolute Gasteiger partial charge is 0.492 e. The third-order valence-corrected chi connectivity index (χ3v) is 7.24. The van der Waals surface area contributed by atoms with Crippen LogP contribution >= 0.6 is 0 Å². The van der Waals surface area contributed by atoms with Crippen molar-refractivity contribution < 1.29 is 13.9 Å². The van der Waals surface area contributed by atoms with E-state index >= 15 is 0 Å². The molecule has 2 aliphatic rings. The number of hydrogen-bond donors (Lipinski definition) is 1. The van der Waals surface area contributed by atoms with Crippen molar-refractivity contribution in [3.8, 4) is 5.75 Å². The van der Waals surface area contributed by atoms with Crippen LogP contribution < -0.4 is 10.1 Å². The molecule has 1 saturated heterocycles. The molecule has 1 amide bonds. The van der Waals surface area contributed by atoms with Crippen LogP contribution in [0.5, 0.6) is 5.75 Å². The lowest BCUT2D eigenvalue weighted by Crippen LogP contribution is -2.42. The third kappa shape index (κ3) is 5.32. The fraction of sp³-hybridized carbons (Fsp3) is 0.519. The van der Waals surface area contributed by atoms with E-state index in [1.54, 1.807) is 12.1 Å². The second-order valence-corrected chi connectivity index (χ2v) is 9.36. The van der Waals surface area contributed by atoms with Gasteiger partial charge in [-0.2, -0.15) is 0 Å². The molecule has 1 unspecified atom stereocenters. The normalized spacial score (nSPS) is 21.1. The molecule has 1 N–H and O–H groups in total. The summed E-state index contributed by atoms with van der Waals surface area (Å²) in [4.78, 5) is 15.9. The summed E-state index contributed by atoms with van der Waals surface area (Å²) in [5.41, 5.74) is 1.08. The summed E-state index contributed by atoms with van der Waals surface area (Å²) >= 11 is 0. The van der Waals surface area contributed by atoms with Gasteiger partial charge in [0.1, 0.15) is 18.2 Å². The Morgan fingerprint density at radius 2 is 1.75 bits per heavy atom. The van der Waals surface area contributed by atoms with Gasteiger partial charge in [0.05, 0.1) is 5.41 Å². The molecule has 2 fully saturated rings. The Hall–Kier alpha value is -2.40. The number of rotatable bonds is 7. The second-order valence-electron chi connectivity index (χ2n) is 9.36. The number of amides is 1. The Kier molecular flexibility index (Phi) is 7.46. The molecule has 2 aromatic carbocycles. The van der Waals surface area contributed by atoms with E-state index in [2.05, 4.69) is 17.1 Å². The molecule has 4 nitrogen and oxygen atoms in total. The minimum atomic E-state index is -0.591. The number of nitrogens with zero attached hydrogens (tertiary/aromatic N) is 1. The van der Waals surface area contributed by atoms with Gasteiger partial charge in [0, 0.05) is 18.3 Å².